The number of aryl methyl sites for hydroxylation is 1. The first-order valence-corrected chi connectivity index (χ1v) is 12.5. The zero-order chi connectivity index (χ0) is 21.7. The Hall–Kier alpha value is -2.03. The summed E-state index contributed by atoms with van der Waals surface area (Å²) in [4.78, 5) is 26.2. The number of anilines is 1. The second-order valence-electron chi connectivity index (χ2n) is 7.72. The molecule has 0 spiro atoms. The molecule has 1 saturated carbocycles. The van der Waals surface area contributed by atoms with Gasteiger partial charge in [-0.25, -0.2) is 8.42 Å². The number of thiophene rings is 1. The van der Waals surface area contributed by atoms with E-state index in [2.05, 4.69) is 5.32 Å². The van der Waals surface area contributed by atoms with Crippen LogP contribution < -0.4 is 5.32 Å². The van der Waals surface area contributed by atoms with Crippen LogP contribution in [0.4, 0.5) is 5.69 Å². The molecule has 3 rings (SSSR count). The van der Waals surface area contributed by atoms with Crippen molar-refractivity contribution >= 4 is 38.7 Å². The highest BCUT2D eigenvalue weighted by molar-refractivity contribution is 7.89. The molecular formula is C22H28N2O4S2. The van der Waals surface area contributed by atoms with Gasteiger partial charge >= 0.3 is 0 Å². The Morgan fingerprint density at radius 2 is 1.70 bits per heavy atom. The molecule has 0 saturated heterocycles. The third-order valence-corrected chi connectivity index (χ3v) is 8.46. The van der Waals surface area contributed by atoms with Crippen molar-refractivity contribution in [3.8, 4) is 0 Å². The molecule has 1 aliphatic rings. The first-order valence-electron chi connectivity index (χ1n) is 10.2. The van der Waals surface area contributed by atoms with Crippen LogP contribution in [0, 0.1) is 6.92 Å². The summed E-state index contributed by atoms with van der Waals surface area (Å²) in [5.41, 5.74) is 0.513. The highest BCUT2D eigenvalue weighted by Crippen LogP contribution is 2.27. The van der Waals surface area contributed by atoms with Gasteiger partial charge in [-0.3, -0.25) is 9.59 Å². The molecule has 0 unspecified atom stereocenters. The zero-order valence-corrected chi connectivity index (χ0v) is 19.0. The fraction of sp³-hybridized carbons (Fsp3) is 0.455. The molecule has 1 aromatic carbocycles. The summed E-state index contributed by atoms with van der Waals surface area (Å²) >= 11 is 1.43. The van der Waals surface area contributed by atoms with Gasteiger partial charge in [0.1, 0.15) is 0 Å². The SMILES string of the molecule is Cc1ccc(C(=O)CCC(=O)Nc2ccc(S(=O)(=O)N(C)C3CCCCC3)cc2)s1. The lowest BCUT2D eigenvalue weighted by atomic mass is 9.96. The van der Waals surface area contributed by atoms with Gasteiger partial charge in [0.2, 0.25) is 15.9 Å². The zero-order valence-electron chi connectivity index (χ0n) is 17.4. The van der Waals surface area contributed by atoms with Crippen LogP contribution in [-0.4, -0.2) is 37.5 Å². The Bertz CT molecular complexity index is 990. The minimum atomic E-state index is -3.56. The number of benzene rings is 1. The molecule has 1 heterocycles. The molecule has 30 heavy (non-hydrogen) atoms. The minimum Gasteiger partial charge on any atom is -0.326 e. The maximum atomic E-state index is 12.9. The Morgan fingerprint density at radius 3 is 2.30 bits per heavy atom. The minimum absolute atomic E-state index is 0.0459. The lowest BCUT2D eigenvalue weighted by Crippen LogP contribution is -2.38. The predicted molar refractivity (Wildman–Crippen MR) is 120 cm³/mol. The van der Waals surface area contributed by atoms with E-state index in [1.54, 1.807) is 25.2 Å². The van der Waals surface area contributed by atoms with Gasteiger partial charge < -0.3 is 5.32 Å². The Labute approximate surface area is 182 Å². The number of carbonyl (C=O) groups is 2. The Morgan fingerprint density at radius 1 is 1.03 bits per heavy atom. The van der Waals surface area contributed by atoms with Crippen molar-refractivity contribution in [1.82, 2.24) is 4.31 Å². The molecule has 1 fully saturated rings. The van der Waals surface area contributed by atoms with Crippen molar-refractivity contribution in [3.05, 3.63) is 46.2 Å². The Kier molecular flexibility index (Phi) is 7.44. The smallest absolute Gasteiger partial charge is 0.243 e. The van der Waals surface area contributed by atoms with E-state index in [0.29, 0.717) is 10.6 Å². The van der Waals surface area contributed by atoms with Crippen molar-refractivity contribution in [1.29, 1.82) is 0 Å². The van der Waals surface area contributed by atoms with Gasteiger partial charge in [-0.15, -0.1) is 11.3 Å². The number of Topliss-reactive ketones (excluding diaryl/α,β-unsaturated/α-hetero) is 1. The maximum absolute atomic E-state index is 12.9. The summed E-state index contributed by atoms with van der Waals surface area (Å²) in [6.07, 6.45) is 5.30. The number of sulfonamides is 1. The molecule has 0 atom stereocenters. The van der Waals surface area contributed by atoms with Gasteiger partial charge in [0, 0.05) is 36.5 Å². The number of ketones is 1. The van der Waals surface area contributed by atoms with Crippen molar-refractivity contribution in [3.63, 3.8) is 0 Å². The van der Waals surface area contributed by atoms with Gasteiger partial charge in [-0.2, -0.15) is 4.31 Å². The first-order chi connectivity index (χ1) is 14.3. The van der Waals surface area contributed by atoms with Gasteiger partial charge in [-0.1, -0.05) is 19.3 Å². The number of carbonyl (C=O) groups excluding carboxylic acids is 2. The number of hydrogen-bond acceptors (Lipinski definition) is 5. The van der Waals surface area contributed by atoms with E-state index in [-0.39, 0.29) is 35.5 Å². The second kappa shape index (κ2) is 9.85. The van der Waals surface area contributed by atoms with E-state index in [1.165, 1.54) is 27.8 Å². The van der Waals surface area contributed by atoms with Crippen LogP contribution >= 0.6 is 11.3 Å². The van der Waals surface area contributed by atoms with Gasteiger partial charge in [0.25, 0.3) is 0 Å². The predicted octanol–water partition coefficient (Wildman–Crippen LogP) is 4.61. The molecule has 2 aromatic rings. The number of amides is 1. The van der Waals surface area contributed by atoms with E-state index >= 15 is 0 Å². The van der Waals surface area contributed by atoms with Crippen molar-refractivity contribution < 1.29 is 18.0 Å². The van der Waals surface area contributed by atoms with Crippen LogP contribution in [0.1, 0.15) is 59.5 Å². The van der Waals surface area contributed by atoms with Crippen LogP contribution in [0.25, 0.3) is 0 Å². The van der Waals surface area contributed by atoms with Crippen LogP contribution in [0.15, 0.2) is 41.3 Å². The Balaban J connectivity index is 1.55. The first kappa shape index (κ1) is 22.7. The molecule has 162 valence electrons. The second-order valence-corrected chi connectivity index (χ2v) is 11.0. The lowest BCUT2D eigenvalue weighted by molar-refractivity contribution is -0.116. The monoisotopic (exact) mass is 448 g/mol. The quantitative estimate of drug-likeness (QED) is 0.598. The van der Waals surface area contributed by atoms with Crippen LogP contribution in [-0.2, 0) is 14.8 Å². The summed E-state index contributed by atoms with van der Waals surface area (Å²) < 4.78 is 27.2. The third kappa shape index (κ3) is 5.56. The molecule has 0 bridgehead atoms. The van der Waals surface area contributed by atoms with Crippen molar-refractivity contribution in [2.45, 2.75) is 62.8 Å². The van der Waals surface area contributed by atoms with Gasteiger partial charge in [-0.05, 0) is 56.2 Å². The van der Waals surface area contributed by atoms with E-state index in [9.17, 15) is 18.0 Å². The van der Waals surface area contributed by atoms with E-state index in [4.69, 9.17) is 0 Å². The average Bonchev–Trinajstić information content (AvgIpc) is 3.19. The largest absolute Gasteiger partial charge is 0.326 e. The lowest BCUT2D eigenvalue weighted by Gasteiger charge is -2.30. The number of nitrogens with zero attached hydrogens (tertiary/aromatic N) is 1. The molecule has 1 aliphatic carbocycles. The number of nitrogens with one attached hydrogen (secondary N) is 1. The maximum Gasteiger partial charge on any atom is 0.243 e. The van der Waals surface area contributed by atoms with Gasteiger partial charge in [0.15, 0.2) is 5.78 Å². The van der Waals surface area contributed by atoms with Crippen LogP contribution in [0.2, 0.25) is 0 Å². The molecular weight excluding hydrogens is 420 g/mol. The summed E-state index contributed by atoms with van der Waals surface area (Å²) in [6, 6.07) is 9.93. The van der Waals surface area contributed by atoms with E-state index in [1.807, 2.05) is 13.0 Å². The number of hydrogen-bond donors (Lipinski definition) is 1. The summed E-state index contributed by atoms with van der Waals surface area (Å²) in [5, 5.41) is 2.73. The fourth-order valence-electron chi connectivity index (χ4n) is 3.68. The highest BCUT2D eigenvalue weighted by atomic mass is 32.2. The highest BCUT2D eigenvalue weighted by Gasteiger charge is 2.28. The standard InChI is InChI=1S/C22H28N2O4S2/c1-16-8-14-21(29-16)20(25)13-15-22(26)23-17-9-11-19(12-10-17)30(27,28)24(2)18-6-4-3-5-7-18/h8-12,14,18H,3-7,13,15H2,1-2H3,(H,23,26). The molecule has 0 radical (unpaired) electrons. The van der Waals surface area contributed by atoms with Crippen LogP contribution in [0.3, 0.4) is 0 Å². The molecule has 0 aliphatic heterocycles. The molecule has 1 amide bonds. The normalized spacial score (nSPS) is 15.3. The van der Waals surface area contributed by atoms with Crippen molar-refractivity contribution in [2.75, 3.05) is 12.4 Å². The summed E-state index contributed by atoms with van der Waals surface area (Å²) in [7, 11) is -1.91. The molecule has 1 N–H and O–H groups in total. The fourth-order valence-corrected chi connectivity index (χ4v) is 5.93. The molecule has 8 heteroatoms. The average molecular weight is 449 g/mol. The topological polar surface area (TPSA) is 83.5 Å². The van der Waals surface area contributed by atoms with Gasteiger partial charge in [0.05, 0.1) is 9.77 Å². The molecule has 6 nitrogen and oxygen atoms in total. The van der Waals surface area contributed by atoms with Crippen LogP contribution in [0.5, 0.6) is 0 Å². The summed E-state index contributed by atoms with van der Waals surface area (Å²) in [6.45, 7) is 1.94. The van der Waals surface area contributed by atoms with E-state index < -0.39 is 10.0 Å². The third-order valence-electron chi connectivity index (χ3n) is 5.50. The van der Waals surface area contributed by atoms with E-state index in [0.717, 1.165) is 37.0 Å². The number of rotatable bonds is 8. The molecule has 1 aromatic heterocycles. The summed E-state index contributed by atoms with van der Waals surface area (Å²) in [5.74, 6) is -0.318. The van der Waals surface area contributed by atoms with Crippen molar-refractivity contribution in [2.24, 2.45) is 0 Å².